The Balaban J connectivity index is 2.85. The van der Waals surface area contributed by atoms with Gasteiger partial charge in [-0.25, -0.2) is 0 Å². The number of carbonyl (C=O) groups is 1. The summed E-state index contributed by atoms with van der Waals surface area (Å²) in [6.07, 6.45) is 2.05. The Morgan fingerprint density at radius 1 is 1.45 bits per heavy atom. The molecule has 0 rings (SSSR count). The van der Waals surface area contributed by atoms with Crippen LogP contribution in [0.5, 0.6) is 0 Å². The normalized spacial score (nSPS) is 10.0. The Kier molecular flexibility index (Phi) is 8.07. The molecule has 0 aliphatic rings. The SMILES string of the molecule is CCCOCCCSC(C)=O. The first-order chi connectivity index (χ1) is 5.27. The Labute approximate surface area is 72.7 Å². The van der Waals surface area contributed by atoms with E-state index in [2.05, 4.69) is 6.92 Å². The van der Waals surface area contributed by atoms with E-state index in [9.17, 15) is 4.79 Å². The third kappa shape index (κ3) is 9.98. The minimum absolute atomic E-state index is 0.195. The van der Waals surface area contributed by atoms with Gasteiger partial charge in [-0.1, -0.05) is 18.7 Å². The van der Waals surface area contributed by atoms with Crippen LogP contribution in [0, 0.1) is 0 Å². The quantitative estimate of drug-likeness (QED) is 0.580. The molecule has 0 saturated heterocycles. The molecule has 0 radical (unpaired) electrons. The third-order valence-electron chi connectivity index (χ3n) is 1.09. The number of carbonyl (C=O) groups excluding carboxylic acids is 1. The van der Waals surface area contributed by atoms with Gasteiger partial charge in [0.1, 0.15) is 0 Å². The first-order valence-electron chi connectivity index (χ1n) is 3.98. The molecule has 0 aliphatic carbocycles. The maximum absolute atomic E-state index is 10.5. The minimum atomic E-state index is 0.195. The molecule has 0 N–H and O–H groups in total. The van der Waals surface area contributed by atoms with Crippen molar-refractivity contribution in [2.75, 3.05) is 19.0 Å². The molecule has 0 heterocycles. The molecule has 3 heteroatoms. The zero-order valence-electron chi connectivity index (χ0n) is 7.26. The molecule has 0 unspecified atom stereocenters. The lowest BCUT2D eigenvalue weighted by atomic mass is 10.5. The molecule has 0 fully saturated rings. The number of rotatable bonds is 6. The molecule has 0 saturated carbocycles. The lowest BCUT2D eigenvalue weighted by molar-refractivity contribution is -0.109. The van der Waals surface area contributed by atoms with Gasteiger partial charge in [0.05, 0.1) is 0 Å². The lowest BCUT2D eigenvalue weighted by Crippen LogP contribution is -1.97. The summed E-state index contributed by atoms with van der Waals surface area (Å²) in [6.45, 7) is 5.31. The average molecular weight is 176 g/mol. The van der Waals surface area contributed by atoms with Crippen LogP contribution in [-0.2, 0) is 9.53 Å². The van der Waals surface area contributed by atoms with Crippen LogP contribution in [0.3, 0.4) is 0 Å². The highest BCUT2D eigenvalue weighted by Crippen LogP contribution is 2.02. The first kappa shape index (κ1) is 11.0. The minimum Gasteiger partial charge on any atom is -0.381 e. The molecule has 0 bridgehead atoms. The largest absolute Gasteiger partial charge is 0.381 e. The predicted molar refractivity (Wildman–Crippen MR) is 48.9 cm³/mol. The molecule has 0 spiro atoms. The summed E-state index contributed by atoms with van der Waals surface area (Å²) < 4.78 is 5.24. The van der Waals surface area contributed by atoms with Crippen LogP contribution in [0.15, 0.2) is 0 Å². The van der Waals surface area contributed by atoms with Crippen molar-refractivity contribution in [3.8, 4) is 0 Å². The van der Waals surface area contributed by atoms with Crippen molar-refractivity contribution in [3.05, 3.63) is 0 Å². The molecule has 2 nitrogen and oxygen atoms in total. The molecule has 0 amide bonds. The molecule has 0 atom stereocenters. The Morgan fingerprint density at radius 3 is 2.73 bits per heavy atom. The molecule has 0 aromatic heterocycles. The van der Waals surface area contributed by atoms with Crippen molar-refractivity contribution >= 4 is 16.9 Å². The lowest BCUT2D eigenvalue weighted by Gasteiger charge is -2.00. The fraction of sp³-hybridized carbons (Fsp3) is 0.875. The Hall–Kier alpha value is -0.0200. The standard InChI is InChI=1S/C8H16O2S/c1-3-5-10-6-4-7-11-8(2)9/h3-7H2,1-2H3. The van der Waals surface area contributed by atoms with Crippen LogP contribution in [0.4, 0.5) is 0 Å². The highest BCUT2D eigenvalue weighted by molar-refractivity contribution is 8.13. The number of hydrogen-bond donors (Lipinski definition) is 0. The molecule has 0 aromatic rings. The van der Waals surface area contributed by atoms with Crippen molar-refractivity contribution in [2.24, 2.45) is 0 Å². The van der Waals surface area contributed by atoms with Crippen LogP contribution in [0.25, 0.3) is 0 Å². The van der Waals surface area contributed by atoms with E-state index in [1.807, 2.05) is 0 Å². The van der Waals surface area contributed by atoms with Crippen LogP contribution < -0.4 is 0 Å². The number of ether oxygens (including phenoxy) is 1. The fourth-order valence-electron chi connectivity index (χ4n) is 0.623. The summed E-state index contributed by atoms with van der Waals surface area (Å²) in [4.78, 5) is 10.5. The number of hydrogen-bond acceptors (Lipinski definition) is 3. The highest BCUT2D eigenvalue weighted by Gasteiger charge is 1.93. The van der Waals surface area contributed by atoms with Gasteiger partial charge in [-0.3, -0.25) is 4.79 Å². The van der Waals surface area contributed by atoms with Crippen molar-refractivity contribution in [1.82, 2.24) is 0 Å². The monoisotopic (exact) mass is 176 g/mol. The van der Waals surface area contributed by atoms with Crippen LogP contribution >= 0.6 is 11.8 Å². The van der Waals surface area contributed by atoms with Crippen molar-refractivity contribution in [3.63, 3.8) is 0 Å². The Morgan fingerprint density at radius 2 is 2.18 bits per heavy atom. The van der Waals surface area contributed by atoms with E-state index in [-0.39, 0.29) is 5.12 Å². The molecule has 0 aromatic carbocycles. The Bertz CT molecular complexity index is 104. The van der Waals surface area contributed by atoms with E-state index in [0.717, 1.165) is 31.8 Å². The second kappa shape index (κ2) is 8.08. The van der Waals surface area contributed by atoms with E-state index in [1.165, 1.54) is 11.8 Å². The van der Waals surface area contributed by atoms with Gasteiger partial charge in [0.2, 0.25) is 0 Å². The van der Waals surface area contributed by atoms with Crippen molar-refractivity contribution < 1.29 is 9.53 Å². The maximum Gasteiger partial charge on any atom is 0.185 e. The van der Waals surface area contributed by atoms with Crippen molar-refractivity contribution in [1.29, 1.82) is 0 Å². The summed E-state index contributed by atoms with van der Waals surface area (Å²) in [7, 11) is 0. The second-order valence-electron chi connectivity index (χ2n) is 2.31. The van der Waals surface area contributed by atoms with E-state index in [4.69, 9.17) is 4.74 Å². The van der Waals surface area contributed by atoms with Crippen LogP contribution in [-0.4, -0.2) is 24.1 Å². The summed E-state index contributed by atoms with van der Waals surface area (Å²) >= 11 is 1.37. The fourth-order valence-corrected chi connectivity index (χ4v) is 1.17. The molecule has 66 valence electrons. The van der Waals surface area contributed by atoms with Gasteiger partial charge < -0.3 is 4.74 Å². The van der Waals surface area contributed by atoms with E-state index >= 15 is 0 Å². The highest BCUT2D eigenvalue weighted by atomic mass is 32.2. The maximum atomic E-state index is 10.5. The van der Waals surface area contributed by atoms with Gasteiger partial charge in [-0.2, -0.15) is 0 Å². The molecular formula is C8H16O2S. The van der Waals surface area contributed by atoms with Gasteiger partial charge >= 0.3 is 0 Å². The van der Waals surface area contributed by atoms with Gasteiger partial charge in [-0.05, 0) is 12.8 Å². The van der Waals surface area contributed by atoms with E-state index in [1.54, 1.807) is 6.92 Å². The van der Waals surface area contributed by atoms with Gasteiger partial charge in [-0.15, -0.1) is 0 Å². The van der Waals surface area contributed by atoms with E-state index < -0.39 is 0 Å². The first-order valence-corrected chi connectivity index (χ1v) is 4.97. The molecule has 11 heavy (non-hydrogen) atoms. The zero-order chi connectivity index (χ0) is 8.53. The topological polar surface area (TPSA) is 26.3 Å². The second-order valence-corrected chi connectivity index (χ2v) is 3.58. The average Bonchev–Trinajstić information content (AvgIpc) is 1.96. The smallest absolute Gasteiger partial charge is 0.185 e. The van der Waals surface area contributed by atoms with Gasteiger partial charge in [0, 0.05) is 25.9 Å². The summed E-state index contributed by atoms with van der Waals surface area (Å²) in [6, 6.07) is 0. The third-order valence-corrected chi connectivity index (χ3v) is 1.99. The molecular weight excluding hydrogens is 160 g/mol. The number of thioether (sulfide) groups is 1. The van der Waals surface area contributed by atoms with Gasteiger partial charge in [0.25, 0.3) is 0 Å². The van der Waals surface area contributed by atoms with E-state index in [0.29, 0.717) is 0 Å². The summed E-state index contributed by atoms with van der Waals surface area (Å²) in [5, 5.41) is 0.195. The van der Waals surface area contributed by atoms with Crippen LogP contribution in [0.2, 0.25) is 0 Å². The summed E-state index contributed by atoms with van der Waals surface area (Å²) in [5.74, 6) is 0.888. The summed E-state index contributed by atoms with van der Waals surface area (Å²) in [5.41, 5.74) is 0. The van der Waals surface area contributed by atoms with Crippen molar-refractivity contribution in [2.45, 2.75) is 26.7 Å². The van der Waals surface area contributed by atoms with Gasteiger partial charge in [0.15, 0.2) is 5.12 Å². The zero-order valence-corrected chi connectivity index (χ0v) is 8.08. The predicted octanol–water partition coefficient (Wildman–Crippen LogP) is 2.08. The van der Waals surface area contributed by atoms with Crippen LogP contribution in [0.1, 0.15) is 26.7 Å². The molecule has 0 aliphatic heterocycles.